The van der Waals surface area contributed by atoms with E-state index in [1.807, 2.05) is 0 Å². The Morgan fingerprint density at radius 2 is 1.82 bits per heavy atom. The molecular weight excluding hydrogens is 208 g/mol. The number of nitrogens with one attached hydrogen (secondary N) is 2. The fourth-order valence-corrected chi connectivity index (χ4v) is 2.60. The van der Waals surface area contributed by atoms with Gasteiger partial charge in [0.25, 0.3) is 0 Å². The zero-order valence-corrected chi connectivity index (χ0v) is 11.0. The van der Waals surface area contributed by atoms with Crippen molar-refractivity contribution in [2.75, 3.05) is 11.9 Å². The number of hydrogen-bond acceptors (Lipinski definition) is 2. The predicted octanol–water partition coefficient (Wildman–Crippen LogP) is 3.71. The van der Waals surface area contributed by atoms with Gasteiger partial charge in [-0.3, -0.25) is 0 Å². The summed E-state index contributed by atoms with van der Waals surface area (Å²) in [6, 6.07) is 10.0. The van der Waals surface area contributed by atoms with Crippen LogP contribution in [0.4, 0.5) is 5.69 Å². The predicted molar refractivity (Wildman–Crippen MR) is 74.4 cm³/mol. The molecule has 0 aromatic heterocycles. The number of benzene rings is 1. The van der Waals surface area contributed by atoms with Crippen LogP contribution in [0.25, 0.3) is 0 Å². The minimum atomic E-state index is 0.445. The van der Waals surface area contributed by atoms with Gasteiger partial charge in [0.1, 0.15) is 0 Å². The van der Waals surface area contributed by atoms with Gasteiger partial charge in [-0.05, 0) is 44.0 Å². The first-order valence-electron chi connectivity index (χ1n) is 6.89. The SMILES string of the molecule is CCNC(C)c1ccc(NC2CCCC2)cc1. The zero-order valence-electron chi connectivity index (χ0n) is 11.0. The molecule has 2 rings (SSSR count). The van der Waals surface area contributed by atoms with Crippen LogP contribution >= 0.6 is 0 Å². The molecule has 2 heteroatoms. The van der Waals surface area contributed by atoms with Gasteiger partial charge in [-0.1, -0.05) is 31.9 Å². The van der Waals surface area contributed by atoms with Crippen molar-refractivity contribution >= 4 is 5.69 Å². The second-order valence-corrected chi connectivity index (χ2v) is 5.03. The summed E-state index contributed by atoms with van der Waals surface area (Å²) in [5.74, 6) is 0. The Morgan fingerprint density at radius 3 is 2.41 bits per heavy atom. The topological polar surface area (TPSA) is 24.1 Å². The Balaban J connectivity index is 1.92. The molecule has 0 bridgehead atoms. The lowest BCUT2D eigenvalue weighted by atomic mass is 10.1. The fraction of sp³-hybridized carbons (Fsp3) is 0.600. The molecule has 0 spiro atoms. The Labute approximate surface area is 105 Å². The monoisotopic (exact) mass is 232 g/mol. The van der Waals surface area contributed by atoms with E-state index in [2.05, 4.69) is 48.7 Å². The standard InChI is InChI=1S/C15H24N2/c1-3-16-12(2)13-8-10-15(11-9-13)17-14-6-4-5-7-14/h8-12,14,16-17H,3-7H2,1-2H3. The van der Waals surface area contributed by atoms with E-state index < -0.39 is 0 Å². The summed E-state index contributed by atoms with van der Waals surface area (Å²) >= 11 is 0. The van der Waals surface area contributed by atoms with Gasteiger partial charge in [-0.15, -0.1) is 0 Å². The second kappa shape index (κ2) is 6.06. The minimum absolute atomic E-state index is 0.445. The molecule has 0 amide bonds. The number of anilines is 1. The molecule has 2 N–H and O–H groups in total. The Kier molecular flexibility index (Phi) is 4.43. The van der Waals surface area contributed by atoms with Gasteiger partial charge < -0.3 is 10.6 Å². The Morgan fingerprint density at radius 1 is 1.18 bits per heavy atom. The molecule has 1 unspecified atom stereocenters. The molecule has 1 saturated carbocycles. The smallest absolute Gasteiger partial charge is 0.0342 e. The summed E-state index contributed by atoms with van der Waals surface area (Å²) in [5, 5.41) is 7.05. The highest BCUT2D eigenvalue weighted by Gasteiger charge is 2.14. The van der Waals surface area contributed by atoms with Crippen molar-refractivity contribution < 1.29 is 0 Å². The third-order valence-electron chi connectivity index (χ3n) is 3.65. The summed E-state index contributed by atoms with van der Waals surface area (Å²) < 4.78 is 0. The van der Waals surface area contributed by atoms with Gasteiger partial charge in [-0.25, -0.2) is 0 Å². The number of hydrogen-bond donors (Lipinski definition) is 2. The van der Waals surface area contributed by atoms with Crippen LogP contribution in [0.3, 0.4) is 0 Å². The van der Waals surface area contributed by atoms with Crippen molar-refractivity contribution in [3.8, 4) is 0 Å². The molecule has 1 aliphatic rings. The van der Waals surface area contributed by atoms with Gasteiger partial charge in [0.15, 0.2) is 0 Å². The first-order valence-corrected chi connectivity index (χ1v) is 6.89. The lowest BCUT2D eigenvalue weighted by Gasteiger charge is -2.16. The molecule has 1 aromatic carbocycles. The summed E-state index contributed by atoms with van der Waals surface area (Å²) in [7, 11) is 0. The van der Waals surface area contributed by atoms with E-state index in [1.165, 1.54) is 36.9 Å². The minimum Gasteiger partial charge on any atom is -0.382 e. The van der Waals surface area contributed by atoms with Crippen LogP contribution in [0.1, 0.15) is 51.1 Å². The highest BCUT2D eigenvalue weighted by atomic mass is 14.9. The molecule has 0 saturated heterocycles. The van der Waals surface area contributed by atoms with Crippen LogP contribution in [0.2, 0.25) is 0 Å². The van der Waals surface area contributed by atoms with Crippen LogP contribution in [0.5, 0.6) is 0 Å². The van der Waals surface area contributed by atoms with E-state index in [-0.39, 0.29) is 0 Å². The highest BCUT2D eigenvalue weighted by molar-refractivity contribution is 5.46. The normalized spacial score (nSPS) is 18.2. The molecule has 1 aromatic rings. The second-order valence-electron chi connectivity index (χ2n) is 5.03. The van der Waals surface area contributed by atoms with Gasteiger partial charge >= 0.3 is 0 Å². The average molecular weight is 232 g/mol. The van der Waals surface area contributed by atoms with Gasteiger partial charge in [0, 0.05) is 17.8 Å². The molecule has 0 radical (unpaired) electrons. The first-order chi connectivity index (χ1) is 8.29. The van der Waals surface area contributed by atoms with Crippen LogP contribution in [-0.4, -0.2) is 12.6 Å². The van der Waals surface area contributed by atoms with E-state index in [0.717, 1.165) is 6.54 Å². The van der Waals surface area contributed by atoms with Crippen molar-refractivity contribution in [1.82, 2.24) is 5.32 Å². The van der Waals surface area contributed by atoms with E-state index in [1.54, 1.807) is 0 Å². The maximum absolute atomic E-state index is 3.62. The highest BCUT2D eigenvalue weighted by Crippen LogP contribution is 2.23. The van der Waals surface area contributed by atoms with Crippen LogP contribution in [-0.2, 0) is 0 Å². The maximum Gasteiger partial charge on any atom is 0.0342 e. The molecule has 1 atom stereocenters. The average Bonchev–Trinajstić information content (AvgIpc) is 2.83. The molecule has 0 aliphatic heterocycles. The summed E-state index contributed by atoms with van der Waals surface area (Å²) in [5.41, 5.74) is 2.63. The zero-order chi connectivity index (χ0) is 12.1. The molecule has 17 heavy (non-hydrogen) atoms. The molecular formula is C15H24N2. The van der Waals surface area contributed by atoms with Crippen LogP contribution in [0.15, 0.2) is 24.3 Å². The van der Waals surface area contributed by atoms with Crippen molar-refractivity contribution in [3.05, 3.63) is 29.8 Å². The largest absolute Gasteiger partial charge is 0.382 e. The molecule has 0 heterocycles. The van der Waals surface area contributed by atoms with E-state index in [9.17, 15) is 0 Å². The number of rotatable bonds is 5. The van der Waals surface area contributed by atoms with Crippen molar-refractivity contribution in [1.29, 1.82) is 0 Å². The fourth-order valence-electron chi connectivity index (χ4n) is 2.60. The quantitative estimate of drug-likeness (QED) is 0.808. The maximum atomic E-state index is 3.62. The van der Waals surface area contributed by atoms with E-state index in [0.29, 0.717) is 12.1 Å². The van der Waals surface area contributed by atoms with Crippen LogP contribution in [0, 0.1) is 0 Å². The molecule has 1 fully saturated rings. The molecule has 2 nitrogen and oxygen atoms in total. The molecule has 1 aliphatic carbocycles. The lowest BCUT2D eigenvalue weighted by Crippen LogP contribution is -2.18. The van der Waals surface area contributed by atoms with Gasteiger partial charge in [-0.2, -0.15) is 0 Å². The molecule has 94 valence electrons. The summed E-state index contributed by atoms with van der Waals surface area (Å²) in [6.45, 7) is 5.37. The van der Waals surface area contributed by atoms with Gasteiger partial charge in [0.2, 0.25) is 0 Å². The van der Waals surface area contributed by atoms with Crippen molar-refractivity contribution in [3.63, 3.8) is 0 Å². The van der Waals surface area contributed by atoms with Crippen molar-refractivity contribution in [2.24, 2.45) is 0 Å². The van der Waals surface area contributed by atoms with Crippen molar-refractivity contribution in [2.45, 2.75) is 51.6 Å². The lowest BCUT2D eigenvalue weighted by molar-refractivity contribution is 0.598. The van der Waals surface area contributed by atoms with E-state index in [4.69, 9.17) is 0 Å². The Bertz CT molecular complexity index is 325. The summed E-state index contributed by atoms with van der Waals surface area (Å²) in [6.07, 6.45) is 5.42. The Hall–Kier alpha value is -1.02. The van der Waals surface area contributed by atoms with E-state index >= 15 is 0 Å². The van der Waals surface area contributed by atoms with Gasteiger partial charge in [0.05, 0.1) is 0 Å². The third-order valence-corrected chi connectivity index (χ3v) is 3.65. The summed E-state index contributed by atoms with van der Waals surface area (Å²) in [4.78, 5) is 0. The van der Waals surface area contributed by atoms with Crippen LogP contribution < -0.4 is 10.6 Å². The first kappa shape index (κ1) is 12.4. The third kappa shape index (κ3) is 3.47.